The molecular weight excluding hydrogens is 324 g/mol. The van der Waals surface area contributed by atoms with Crippen molar-refractivity contribution in [1.29, 1.82) is 0 Å². The zero-order valence-electron chi connectivity index (χ0n) is 13.3. The number of esters is 2. The Kier molecular flexibility index (Phi) is 3.70. The highest BCUT2D eigenvalue weighted by molar-refractivity contribution is 6.15. The number of ether oxygens (including phenoxy) is 3. The highest BCUT2D eigenvalue weighted by Crippen LogP contribution is 2.38. The van der Waals surface area contributed by atoms with Crippen LogP contribution in [0.25, 0.3) is 0 Å². The van der Waals surface area contributed by atoms with E-state index in [-0.39, 0.29) is 29.7 Å². The Bertz CT molecular complexity index is 737. The van der Waals surface area contributed by atoms with E-state index in [0.717, 1.165) is 6.07 Å². The molecule has 24 heavy (non-hydrogen) atoms. The molecule has 0 spiro atoms. The molecule has 0 bridgehead atoms. The predicted molar refractivity (Wildman–Crippen MR) is 78.1 cm³/mol. The molecule has 2 heterocycles. The second kappa shape index (κ2) is 5.47. The van der Waals surface area contributed by atoms with Gasteiger partial charge in [0.1, 0.15) is 6.61 Å². The average molecular weight is 339 g/mol. The Labute approximate surface area is 136 Å². The van der Waals surface area contributed by atoms with Crippen molar-refractivity contribution in [1.82, 2.24) is 0 Å². The SMILES string of the molecule is CC1COc2c(ccc(F)c2F)N1C=C1C(=O)OC(C)(C)OC1=O. The molecule has 0 aliphatic carbocycles. The first-order valence-electron chi connectivity index (χ1n) is 7.27. The maximum atomic E-state index is 13.9. The summed E-state index contributed by atoms with van der Waals surface area (Å²) in [6.45, 7) is 4.66. The van der Waals surface area contributed by atoms with E-state index in [1.807, 2.05) is 0 Å². The summed E-state index contributed by atoms with van der Waals surface area (Å²) in [5.74, 6) is -5.50. The van der Waals surface area contributed by atoms with Crippen LogP contribution in [0, 0.1) is 11.6 Å². The van der Waals surface area contributed by atoms with Crippen molar-refractivity contribution in [3.05, 3.63) is 35.5 Å². The van der Waals surface area contributed by atoms with Gasteiger partial charge in [0, 0.05) is 20.0 Å². The monoisotopic (exact) mass is 339 g/mol. The minimum atomic E-state index is -1.35. The number of hydrogen-bond acceptors (Lipinski definition) is 6. The highest BCUT2D eigenvalue weighted by Gasteiger charge is 2.40. The first kappa shape index (κ1) is 16.2. The minimum Gasteiger partial charge on any atom is -0.486 e. The number of hydrogen-bond donors (Lipinski definition) is 0. The zero-order chi connectivity index (χ0) is 17.6. The standard InChI is InChI=1S/C16H15F2NO5/c1-8-7-22-13-11(5-4-10(17)12(13)18)19(8)6-9-14(20)23-16(2,3)24-15(9)21/h4-6,8H,7H2,1-3H3. The summed E-state index contributed by atoms with van der Waals surface area (Å²) in [6, 6.07) is 1.93. The van der Waals surface area contributed by atoms with Crippen molar-refractivity contribution in [3.8, 4) is 5.75 Å². The van der Waals surface area contributed by atoms with Crippen LogP contribution in [0.5, 0.6) is 5.75 Å². The van der Waals surface area contributed by atoms with E-state index >= 15 is 0 Å². The van der Waals surface area contributed by atoms with Crippen LogP contribution in [-0.4, -0.2) is 30.4 Å². The summed E-state index contributed by atoms with van der Waals surface area (Å²) in [4.78, 5) is 25.6. The topological polar surface area (TPSA) is 65.1 Å². The maximum absolute atomic E-state index is 13.9. The number of carbonyl (C=O) groups is 2. The normalized spacial score (nSPS) is 22.3. The molecule has 0 amide bonds. The molecule has 1 atom stereocenters. The van der Waals surface area contributed by atoms with Gasteiger partial charge in [-0.1, -0.05) is 0 Å². The lowest BCUT2D eigenvalue weighted by Gasteiger charge is -2.36. The third-order valence-corrected chi connectivity index (χ3v) is 3.64. The lowest BCUT2D eigenvalue weighted by molar-refractivity contribution is -0.222. The fourth-order valence-corrected chi connectivity index (χ4v) is 2.49. The summed E-state index contributed by atoms with van der Waals surface area (Å²) in [6.07, 6.45) is 1.21. The molecule has 2 aliphatic rings. The van der Waals surface area contributed by atoms with Crippen molar-refractivity contribution < 1.29 is 32.6 Å². The van der Waals surface area contributed by atoms with E-state index in [2.05, 4.69) is 0 Å². The smallest absolute Gasteiger partial charge is 0.350 e. The van der Waals surface area contributed by atoms with Gasteiger partial charge in [0.15, 0.2) is 17.1 Å². The summed E-state index contributed by atoms with van der Waals surface area (Å²) in [7, 11) is 0. The largest absolute Gasteiger partial charge is 0.486 e. The Hall–Kier alpha value is -2.64. The molecule has 1 aromatic carbocycles. The van der Waals surface area contributed by atoms with Gasteiger partial charge in [-0.3, -0.25) is 0 Å². The van der Waals surface area contributed by atoms with Crippen molar-refractivity contribution in [2.45, 2.75) is 32.6 Å². The Morgan fingerprint density at radius 2 is 1.83 bits per heavy atom. The summed E-state index contributed by atoms with van der Waals surface area (Å²) in [5, 5.41) is 0. The Balaban J connectivity index is 2.03. The van der Waals surface area contributed by atoms with Gasteiger partial charge < -0.3 is 19.1 Å². The van der Waals surface area contributed by atoms with E-state index in [1.54, 1.807) is 6.92 Å². The van der Waals surface area contributed by atoms with E-state index in [0.29, 0.717) is 0 Å². The van der Waals surface area contributed by atoms with Crippen LogP contribution in [0.15, 0.2) is 23.9 Å². The molecule has 2 aliphatic heterocycles. The van der Waals surface area contributed by atoms with Crippen LogP contribution in [0.3, 0.4) is 0 Å². The number of fused-ring (bicyclic) bond motifs is 1. The van der Waals surface area contributed by atoms with Crippen LogP contribution < -0.4 is 9.64 Å². The second-order valence-electron chi connectivity index (χ2n) is 6.00. The van der Waals surface area contributed by atoms with Crippen LogP contribution in [0.4, 0.5) is 14.5 Å². The molecule has 1 unspecified atom stereocenters. The fourth-order valence-electron chi connectivity index (χ4n) is 2.49. The van der Waals surface area contributed by atoms with E-state index in [1.165, 1.54) is 31.0 Å². The van der Waals surface area contributed by atoms with Crippen molar-refractivity contribution >= 4 is 17.6 Å². The first-order valence-corrected chi connectivity index (χ1v) is 7.27. The predicted octanol–water partition coefficient (Wildman–Crippen LogP) is 2.27. The molecule has 8 heteroatoms. The molecule has 6 nitrogen and oxygen atoms in total. The van der Waals surface area contributed by atoms with E-state index < -0.39 is 29.4 Å². The zero-order valence-corrected chi connectivity index (χ0v) is 13.3. The second-order valence-corrected chi connectivity index (χ2v) is 6.00. The third kappa shape index (κ3) is 2.68. The van der Waals surface area contributed by atoms with Crippen molar-refractivity contribution in [2.24, 2.45) is 0 Å². The van der Waals surface area contributed by atoms with Gasteiger partial charge >= 0.3 is 11.9 Å². The molecule has 0 aromatic heterocycles. The third-order valence-electron chi connectivity index (χ3n) is 3.64. The van der Waals surface area contributed by atoms with Crippen LogP contribution >= 0.6 is 0 Å². The van der Waals surface area contributed by atoms with Gasteiger partial charge in [0.2, 0.25) is 5.82 Å². The van der Waals surface area contributed by atoms with Gasteiger partial charge in [-0.25, -0.2) is 14.0 Å². The first-order chi connectivity index (χ1) is 11.2. The summed E-state index contributed by atoms with van der Waals surface area (Å²) in [5.41, 5.74) is -0.135. The summed E-state index contributed by atoms with van der Waals surface area (Å²) >= 11 is 0. The molecule has 1 aromatic rings. The minimum absolute atomic E-state index is 0.0484. The summed E-state index contributed by atoms with van der Waals surface area (Å²) < 4.78 is 42.5. The van der Waals surface area contributed by atoms with Crippen molar-refractivity contribution in [2.75, 3.05) is 11.5 Å². The quantitative estimate of drug-likeness (QED) is 0.444. The fraction of sp³-hybridized carbons (Fsp3) is 0.375. The molecule has 1 saturated heterocycles. The van der Waals surface area contributed by atoms with E-state index in [4.69, 9.17) is 14.2 Å². The van der Waals surface area contributed by atoms with Crippen LogP contribution in [0.2, 0.25) is 0 Å². The molecule has 128 valence electrons. The molecule has 0 N–H and O–H groups in total. The number of carbonyl (C=O) groups excluding carboxylic acids is 2. The number of nitrogens with zero attached hydrogens (tertiary/aromatic N) is 1. The molecule has 0 saturated carbocycles. The van der Waals surface area contributed by atoms with Gasteiger partial charge in [-0.15, -0.1) is 0 Å². The average Bonchev–Trinajstić information content (AvgIpc) is 2.47. The molecule has 0 radical (unpaired) electrons. The molecule has 1 fully saturated rings. The Morgan fingerprint density at radius 3 is 2.46 bits per heavy atom. The molecular formula is C16H15F2NO5. The van der Waals surface area contributed by atoms with E-state index in [9.17, 15) is 18.4 Å². The number of cyclic esters (lactones) is 2. The maximum Gasteiger partial charge on any atom is 0.350 e. The highest BCUT2D eigenvalue weighted by atomic mass is 19.2. The molecule has 3 rings (SSSR count). The number of rotatable bonds is 1. The number of halogens is 2. The Morgan fingerprint density at radius 1 is 1.21 bits per heavy atom. The van der Waals surface area contributed by atoms with Crippen molar-refractivity contribution in [3.63, 3.8) is 0 Å². The lowest BCUT2D eigenvalue weighted by atomic mass is 10.1. The van der Waals surface area contributed by atoms with Gasteiger partial charge in [-0.05, 0) is 19.1 Å². The van der Waals surface area contributed by atoms with Crippen LogP contribution in [0.1, 0.15) is 20.8 Å². The van der Waals surface area contributed by atoms with Gasteiger partial charge in [-0.2, -0.15) is 4.39 Å². The number of benzene rings is 1. The van der Waals surface area contributed by atoms with Gasteiger partial charge in [0.05, 0.1) is 11.7 Å². The van der Waals surface area contributed by atoms with Gasteiger partial charge in [0.25, 0.3) is 5.79 Å². The van der Waals surface area contributed by atoms with Crippen LogP contribution in [-0.2, 0) is 19.1 Å². The number of anilines is 1. The lowest BCUT2D eigenvalue weighted by Crippen LogP contribution is -2.44.